The van der Waals surface area contributed by atoms with Crippen LogP contribution in [-0.2, 0) is 35.2 Å². The molecule has 4 heterocycles. The van der Waals surface area contributed by atoms with Crippen molar-refractivity contribution in [3.8, 4) is 0 Å². The van der Waals surface area contributed by atoms with E-state index in [1.54, 1.807) is 17.9 Å². The maximum atomic E-state index is 14.6. The molecular weight excluding hydrogens is 594 g/mol. The van der Waals surface area contributed by atoms with E-state index < -0.39 is 41.7 Å². The summed E-state index contributed by atoms with van der Waals surface area (Å²) in [6.45, 7) is 2.61. The Morgan fingerprint density at radius 2 is 1.88 bits per heavy atom. The molecule has 0 saturated carbocycles. The number of esters is 1. The molecule has 6 atom stereocenters. The van der Waals surface area contributed by atoms with E-state index >= 15 is 0 Å². The lowest BCUT2D eigenvalue weighted by Gasteiger charge is -2.36. The third-order valence-corrected chi connectivity index (χ3v) is 8.88. The van der Waals surface area contributed by atoms with Gasteiger partial charge in [0.1, 0.15) is 29.8 Å². The van der Waals surface area contributed by atoms with Gasteiger partial charge in [-0.2, -0.15) is 0 Å². The molecule has 10 nitrogen and oxygen atoms in total. The van der Waals surface area contributed by atoms with Gasteiger partial charge in [-0.3, -0.25) is 19.2 Å². The van der Waals surface area contributed by atoms with Gasteiger partial charge in [0.2, 0.25) is 17.7 Å². The van der Waals surface area contributed by atoms with Crippen LogP contribution in [0.15, 0.2) is 53.0 Å². The Kier molecular flexibility index (Phi) is 8.96. The number of nitrogens with one attached hydrogen (secondary N) is 1. The number of halogens is 1. The zero-order valence-electron chi connectivity index (χ0n) is 23.0. The van der Waals surface area contributed by atoms with Crippen LogP contribution in [0.1, 0.15) is 38.2 Å². The average molecular weight is 631 g/mol. The minimum Gasteiger partial charge on any atom is -0.460 e. The normalized spacial score (nSPS) is 33.0. The largest absolute Gasteiger partial charge is 0.460 e. The minimum absolute atomic E-state index is 0.0342. The second-order valence-corrected chi connectivity index (χ2v) is 12.0. The van der Waals surface area contributed by atoms with Gasteiger partial charge in [-0.15, -0.1) is 0 Å². The van der Waals surface area contributed by atoms with E-state index in [0.717, 1.165) is 5.56 Å². The van der Waals surface area contributed by atoms with Crippen LogP contribution in [0.3, 0.4) is 0 Å². The van der Waals surface area contributed by atoms with Crippen molar-refractivity contribution in [1.82, 2.24) is 15.1 Å². The minimum atomic E-state index is -1.34. The molecule has 0 unspecified atom stereocenters. The molecule has 4 aliphatic heterocycles. The molecule has 1 aromatic carbocycles. The van der Waals surface area contributed by atoms with E-state index in [2.05, 4.69) is 21.2 Å². The van der Waals surface area contributed by atoms with Crippen LogP contribution in [0.25, 0.3) is 0 Å². The van der Waals surface area contributed by atoms with E-state index in [4.69, 9.17) is 9.47 Å². The molecule has 2 saturated heterocycles. The van der Waals surface area contributed by atoms with Gasteiger partial charge in [0.15, 0.2) is 0 Å². The number of carbonyl (C=O) groups excluding carboxylic acids is 4. The number of aliphatic hydroxyl groups excluding tert-OH is 1. The molecule has 0 aliphatic carbocycles. The van der Waals surface area contributed by atoms with Crippen LogP contribution < -0.4 is 5.32 Å². The Morgan fingerprint density at radius 1 is 1.10 bits per heavy atom. The smallest absolute Gasteiger partial charge is 0.313 e. The molecule has 11 heteroatoms. The molecule has 0 radical (unpaired) electrons. The van der Waals surface area contributed by atoms with E-state index in [1.807, 2.05) is 42.5 Å². The molecule has 5 rings (SSSR count). The fourth-order valence-electron chi connectivity index (χ4n) is 6.31. The van der Waals surface area contributed by atoms with Crippen LogP contribution >= 0.6 is 15.9 Å². The Bertz CT molecular complexity index is 1240. The zero-order valence-corrected chi connectivity index (χ0v) is 24.6. The SMILES string of the molecule is C[C@H]1CNC(=O)CC/C=C\CN(Cc2ccccc2)C(=O)[C@H]2N(CCCCO)C(=O)[C@@H]3[C@@H](C(=O)O1)[C@@H]1O[C@@]32C=C1Br. The topological polar surface area (TPSA) is 125 Å². The average Bonchev–Trinajstić information content (AvgIpc) is 3.54. The van der Waals surface area contributed by atoms with Crippen molar-refractivity contribution in [2.75, 3.05) is 26.2 Å². The molecule has 220 valence electrons. The number of carbonyl (C=O) groups is 4. The van der Waals surface area contributed by atoms with Crippen molar-refractivity contribution >= 4 is 39.6 Å². The summed E-state index contributed by atoms with van der Waals surface area (Å²) in [7, 11) is 0. The quantitative estimate of drug-likeness (QED) is 0.280. The van der Waals surface area contributed by atoms with E-state index in [-0.39, 0.29) is 50.4 Å². The van der Waals surface area contributed by atoms with Crippen LogP contribution in [0.2, 0.25) is 0 Å². The van der Waals surface area contributed by atoms with Crippen LogP contribution in [0.4, 0.5) is 0 Å². The number of hydrogen-bond acceptors (Lipinski definition) is 7. The third kappa shape index (κ3) is 5.72. The summed E-state index contributed by atoms with van der Waals surface area (Å²) < 4.78 is 12.8. The van der Waals surface area contributed by atoms with Gasteiger partial charge in [0.05, 0.1) is 12.5 Å². The molecule has 5 bridgehead atoms. The molecule has 2 fully saturated rings. The van der Waals surface area contributed by atoms with E-state index in [0.29, 0.717) is 30.3 Å². The third-order valence-electron chi connectivity index (χ3n) is 8.20. The predicted molar refractivity (Wildman–Crippen MR) is 152 cm³/mol. The van der Waals surface area contributed by atoms with E-state index in [1.165, 1.54) is 4.90 Å². The zero-order chi connectivity index (χ0) is 29.1. The molecule has 1 spiro atoms. The fourth-order valence-corrected chi connectivity index (χ4v) is 7.04. The second kappa shape index (κ2) is 12.5. The number of aliphatic hydroxyl groups is 1. The van der Waals surface area contributed by atoms with Gasteiger partial charge < -0.3 is 29.7 Å². The van der Waals surface area contributed by atoms with Crippen LogP contribution in [-0.4, -0.2) is 88.7 Å². The Labute approximate surface area is 247 Å². The number of cyclic esters (lactones) is 1. The van der Waals surface area contributed by atoms with Crippen molar-refractivity contribution in [2.45, 2.75) is 63.0 Å². The highest BCUT2D eigenvalue weighted by Crippen LogP contribution is 2.59. The van der Waals surface area contributed by atoms with Gasteiger partial charge in [-0.25, -0.2) is 0 Å². The molecule has 4 aliphatic rings. The number of allylic oxidation sites excluding steroid dienone is 1. The van der Waals surface area contributed by atoms with Crippen molar-refractivity contribution in [1.29, 1.82) is 0 Å². The Balaban J connectivity index is 1.56. The number of rotatable bonds is 6. The molecule has 1 aromatic rings. The number of amides is 3. The number of ether oxygens (including phenoxy) is 2. The maximum absolute atomic E-state index is 14.6. The summed E-state index contributed by atoms with van der Waals surface area (Å²) in [6.07, 6.45) is 5.86. The number of benzene rings is 1. The van der Waals surface area contributed by atoms with E-state index in [9.17, 15) is 24.3 Å². The molecular formula is C30H36BrN3O7. The molecule has 3 amide bonds. The molecule has 0 aromatic heterocycles. The van der Waals surface area contributed by atoms with Gasteiger partial charge in [-0.05, 0) is 37.8 Å². The molecule has 2 N–H and O–H groups in total. The van der Waals surface area contributed by atoms with Gasteiger partial charge in [-0.1, -0.05) is 58.4 Å². The number of fused-ring (bicyclic) bond motifs is 2. The van der Waals surface area contributed by atoms with Gasteiger partial charge >= 0.3 is 5.97 Å². The fraction of sp³-hybridized carbons (Fsp3) is 0.533. The Morgan fingerprint density at radius 3 is 2.63 bits per heavy atom. The second-order valence-electron chi connectivity index (χ2n) is 11.1. The first kappa shape index (κ1) is 29.5. The van der Waals surface area contributed by atoms with Crippen LogP contribution in [0, 0.1) is 11.8 Å². The lowest BCUT2D eigenvalue weighted by Crippen LogP contribution is -2.55. The van der Waals surface area contributed by atoms with Gasteiger partial charge in [0.25, 0.3) is 0 Å². The maximum Gasteiger partial charge on any atom is 0.313 e. The standard InChI is InChI=1S/C30H36BrN3O7/c1-19-17-32-22(36)12-6-3-7-13-33(18-20-10-4-2-5-11-20)28(38)26-30-16-21(31)25(41-30)23(29(39)40-19)24(30)27(37)34(26)14-8-9-15-35/h2-5,7,10-11,16,19,23-26,35H,6,8-9,12-15,17-18H2,1H3,(H,32,36)/b7-3-/t19-,23+,24-,25+,26+,30-/m0/s1. The molecule has 41 heavy (non-hydrogen) atoms. The lowest BCUT2D eigenvalue weighted by molar-refractivity contribution is -0.158. The summed E-state index contributed by atoms with van der Waals surface area (Å²) in [5, 5.41) is 12.2. The van der Waals surface area contributed by atoms with Crippen molar-refractivity contribution in [2.24, 2.45) is 11.8 Å². The number of nitrogens with zero attached hydrogens (tertiary/aromatic N) is 2. The highest BCUT2D eigenvalue weighted by atomic mass is 79.9. The summed E-state index contributed by atoms with van der Waals surface area (Å²) >= 11 is 3.55. The highest BCUT2D eigenvalue weighted by Gasteiger charge is 2.74. The van der Waals surface area contributed by atoms with Crippen LogP contribution in [0.5, 0.6) is 0 Å². The summed E-state index contributed by atoms with van der Waals surface area (Å²) in [5.74, 6) is -3.27. The summed E-state index contributed by atoms with van der Waals surface area (Å²) in [6, 6.07) is 8.59. The first-order valence-corrected chi connectivity index (χ1v) is 15.0. The predicted octanol–water partition coefficient (Wildman–Crippen LogP) is 2.06. The van der Waals surface area contributed by atoms with Crippen molar-refractivity contribution in [3.05, 3.63) is 58.6 Å². The van der Waals surface area contributed by atoms with Gasteiger partial charge in [0, 0.05) is 37.1 Å². The van der Waals surface area contributed by atoms with Crippen molar-refractivity contribution < 1.29 is 33.8 Å². The number of hydrogen-bond donors (Lipinski definition) is 2. The first-order valence-electron chi connectivity index (χ1n) is 14.2. The van der Waals surface area contributed by atoms with Crippen molar-refractivity contribution in [3.63, 3.8) is 0 Å². The Hall–Kier alpha value is -3.02. The number of unbranched alkanes of at least 4 members (excludes halogenated alkanes) is 1. The monoisotopic (exact) mass is 629 g/mol. The number of likely N-dealkylation sites (tertiary alicyclic amines) is 1. The highest BCUT2D eigenvalue weighted by molar-refractivity contribution is 9.11. The first-order chi connectivity index (χ1) is 19.8. The lowest BCUT2D eigenvalue weighted by atomic mass is 9.74. The summed E-state index contributed by atoms with van der Waals surface area (Å²) in [5.41, 5.74) is -0.418. The summed E-state index contributed by atoms with van der Waals surface area (Å²) in [4.78, 5) is 57.8.